The maximum atomic E-state index is 14.1. The molecule has 5 nitrogen and oxygen atoms in total. The van der Waals surface area contributed by atoms with E-state index in [1.165, 1.54) is 18.3 Å². The third-order valence-corrected chi connectivity index (χ3v) is 5.55. The van der Waals surface area contributed by atoms with Crippen molar-refractivity contribution in [2.45, 2.75) is 25.0 Å². The summed E-state index contributed by atoms with van der Waals surface area (Å²) in [5.74, 6) is -3.65. The fourth-order valence-electron chi connectivity index (χ4n) is 2.70. The molecule has 0 aliphatic rings. The number of hydrogen-bond donors (Lipinski definition) is 1. The van der Waals surface area contributed by atoms with E-state index in [9.17, 15) is 26.0 Å². The molecule has 0 aliphatic heterocycles. The lowest BCUT2D eigenvalue weighted by Crippen LogP contribution is -2.14. The molecule has 1 heterocycles. The predicted octanol–water partition coefficient (Wildman–Crippen LogP) is 5.00. The average Bonchev–Trinajstić information content (AvgIpc) is 2.97. The van der Waals surface area contributed by atoms with Crippen molar-refractivity contribution in [1.29, 1.82) is 0 Å². The number of aryl methyl sites for hydroxylation is 1. The third-order valence-electron chi connectivity index (χ3n) is 3.92. The van der Waals surface area contributed by atoms with E-state index >= 15 is 0 Å². The fraction of sp³-hybridized carbons (Fsp3) is 0.176. The van der Waals surface area contributed by atoms with Crippen LogP contribution in [0.5, 0.6) is 5.75 Å². The summed E-state index contributed by atoms with van der Waals surface area (Å²) >= 11 is 5.95. The third kappa shape index (κ3) is 3.88. The Bertz CT molecular complexity index is 1150. The molecular formula is C17H13ClF4N2O3S. The molecule has 0 amide bonds. The van der Waals surface area contributed by atoms with Gasteiger partial charge in [-0.15, -0.1) is 0 Å². The second kappa shape index (κ2) is 7.51. The minimum absolute atomic E-state index is 0.172. The van der Waals surface area contributed by atoms with E-state index in [2.05, 4.69) is 4.74 Å². The molecule has 0 radical (unpaired) electrons. The van der Waals surface area contributed by atoms with Crippen LogP contribution in [-0.2, 0) is 16.6 Å². The number of nitrogens with one attached hydrogen (secondary N) is 1. The van der Waals surface area contributed by atoms with E-state index < -0.39 is 39.7 Å². The summed E-state index contributed by atoms with van der Waals surface area (Å²) in [5, 5.41) is 0.734. The normalized spacial score (nSPS) is 12.0. The summed E-state index contributed by atoms with van der Waals surface area (Å²) in [6.07, 6.45) is 1.34. The SMILES string of the molecule is CCn1cc(S(=O)(=O)Nc2cc(F)c(OC(F)F)cc2F)c2ccc(Cl)cc21. The maximum Gasteiger partial charge on any atom is 0.387 e. The Morgan fingerprint density at radius 2 is 1.89 bits per heavy atom. The molecule has 0 unspecified atom stereocenters. The summed E-state index contributed by atoms with van der Waals surface area (Å²) in [4.78, 5) is -0.172. The van der Waals surface area contributed by atoms with Crippen molar-refractivity contribution in [1.82, 2.24) is 4.57 Å². The molecule has 0 aliphatic carbocycles. The van der Waals surface area contributed by atoms with Gasteiger partial charge in [0, 0.05) is 35.3 Å². The van der Waals surface area contributed by atoms with Gasteiger partial charge in [0.25, 0.3) is 10.0 Å². The first-order valence-electron chi connectivity index (χ1n) is 7.87. The number of sulfonamides is 1. The van der Waals surface area contributed by atoms with Gasteiger partial charge < -0.3 is 9.30 Å². The van der Waals surface area contributed by atoms with Crippen LogP contribution in [0.1, 0.15) is 6.92 Å². The highest BCUT2D eigenvalue weighted by molar-refractivity contribution is 7.93. The quantitative estimate of drug-likeness (QED) is 0.553. The molecule has 0 bridgehead atoms. The molecule has 150 valence electrons. The van der Waals surface area contributed by atoms with Crippen LogP contribution in [0.2, 0.25) is 5.02 Å². The second-order valence-corrected chi connectivity index (χ2v) is 7.77. The van der Waals surface area contributed by atoms with E-state index in [-0.39, 0.29) is 4.90 Å². The zero-order valence-electron chi connectivity index (χ0n) is 14.2. The highest BCUT2D eigenvalue weighted by atomic mass is 35.5. The van der Waals surface area contributed by atoms with Crippen molar-refractivity contribution in [3.8, 4) is 5.75 Å². The molecule has 1 N–H and O–H groups in total. The van der Waals surface area contributed by atoms with Gasteiger partial charge in [-0.2, -0.15) is 8.78 Å². The second-order valence-electron chi connectivity index (χ2n) is 5.69. The van der Waals surface area contributed by atoms with E-state index in [4.69, 9.17) is 11.6 Å². The average molecular weight is 437 g/mol. The standard InChI is InChI=1S/C17H13ClF4N2O3S/c1-2-24-8-16(10-4-3-9(18)5-14(10)24)28(25,26)23-13-6-12(20)15(7-11(13)19)27-17(21)22/h3-8,17,23H,2H2,1H3. The first-order valence-corrected chi connectivity index (χ1v) is 9.73. The number of anilines is 1. The van der Waals surface area contributed by atoms with Crippen LogP contribution >= 0.6 is 11.6 Å². The largest absolute Gasteiger partial charge is 0.432 e. The topological polar surface area (TPSA) is 60.3 Å². The van der Waals surface area contributed by atoms with Gasteiger partial charge in [-0.25, -0.2) is 17.2 Å². The summed E-state index contributed by atoms with van der Waals surface area (Å²) in [6, 6.07) is 5.35. The number of ether oxygens (including phenoxy) is 1. The molecule has 0 fully saturated rings. The predicted molar refractivity (Wildman–Crippen MR) is 96.4 cm³/mol. The Kier molecular flexibility index (Phi) is 5.44. The van der Waals surface area contributed by atoms with Crippen molar-refractivity contribution in [3.63, 3.8) is 0 Å². The lowest BCUT2D eigenvalue weighted by molar-refractivity contribution is -0.0523. The number of fused-ring (bicyclic) bond motifs is 1. The molecule has 11 heteroatoms. The Morgan fingerprint density at radius 3 is 2.54 bits per heavy atom. The van der Waals surface area contributed by atoms with Crippen LogP contribution in [-0.4, -0.2) is 19.6 Å². The minimum atomic E-state index is -4.33. The van der Waals surface area contributed by atoms with Crippen molar-refractivity contribution in [3.05, 3.63) is 53.2 Å². The van der Waals surface area contributed by atoms with Gasteiger partial charge in [-0.1, -0.05) is 11.6 Å². The number of rotatable bonds is 6. The first-order chi connectivity index (χ1) is 13.1. The van der Waals surface area contributed by atoms with Gasteiger partial charge in [0.1, 0.15) is 4.90 Å². The van der Waals surface area contributed by atoms with Crippen LogP contribution in [0.4, 0.5) is 23.2 Å². The Labute approximate surface area is 162 Å². The van der Waals surface area contributed by atoms with Gasteiger partial charge in [0.2, 0.25) is 0 Å². The Hall–Kier alpha value is -2.46. The molecule has 3 aromatic rings. The number of nitrogens with zero attached hydrogens (tertiary/aromatic N) is 1. The van der Waals surface area contributed by atoms with Crippen molar-refractivity contribution < 1.29 is 30.7 Å². The Morgan fingerprint density at radius 1 is 1.18 bits per heavy atom. The zero-order valence-corrected chi connectivity index (χ0v) is 15.8. The van der Waals surface area contributed by atoms with E-state index in [0.29, 0.717) is 34.6 Å². The minimum Gasteiger partial charge on any atom is -0.432 e. The maximum absolute atomic E-state index is 14.1. The molecule has 0 saturated carbocycles. The number of aromatic nitrogens is 1. The lowest BCUT2D eigenvalue weighted by Gasteiger charge is -2.11. The van der Waals surface area contributed by atoms with Gasteiger partial charge in [-0.3, -0.25) is 4.72 Å². The molecule has 0 saturated heterocycles. The van der Waals surface area contributed by atoms with Gasteiger partial charge >= 0.3 is 6.61 Å². The number of benzene rings is 2. The number of hydrogen-bond acceptors (Lipinski definition) is 3. The molecule has 1 aromatic heterocycles. The highest BCUT2D eigenvalue weighted by Gasteiger charge is 2.24. The zero-order chi connectivity index (χ0) is 20.6. The van der Waals surface area contributed by atoms with E-state index in [1.807, 2.05) is 4.72 Å². The molecule has 0 atom stereocenters. The number of alkyl halides is 2. The summed E-state index contributed by atoms with van der Waals surface area (Å²) in [6.45, 7) is -1.13. The fourth-order valence-corrected chi connectivity index (χ4v) is 4.15. The van der Waals surface area contributed by atoms with Crippen LogP contribution < -0.4 is 9.46 Å². The Balaban J connectivity index is 2.04. The highest BCUT2D eigenvalue weighted by Crippen LogP contribution is 2.31. The number of halogens is 5. The molecule has 2 aromatic carbocycles. The van der Waals surface area contributed by atoms with Crippen molar-refractivity contribution in [2.24, 2.45) is 0 Å². The van der Waals surface area contributed by atoms with Crippen LogP contribution in [0.3, 0.4) is 0 Å². The molecular weight excluding hydrogens is 424 g/mol. The van der Waals surface area contributed by atoms with Crippen molar-refractivity contribution in [2.75, 3.05) is 4.72 Å². The lowest BCUT2D eigenvalue weighted by atomic mass is 10.2. The molecule has 28 heavy (non-hydrogen) atoms. The molecule has 3 rings (SSSR count). The van der Waals surface area contributed by atoms with Crippen molar-refractivity contribution >= 4 is 38.2 Å². The smallest absolute Gasteiger partial charge is 0.387 e. The molecule has 0 spiro atoms. The summed E-state index contributed by atoms with van der Waals surface area (Å²) in [5.41, 5.74) is -0.201. The summed E-state index contributed by atoms with van der Waals surface area (Å²) < 4.78 is 85.3. The van der Waals surface area contributed by atoms with Gasteiger partial charge in [0.05, 0.1) is 11.2 Å². The van der Waals surface area contributed by atoms with E-state index in [1.54, 1.807) is 17.6 Å². The van der Waals surface area contributed by atoms with E-state index in [0.717, 1.165) is 0 Å². The van der Waals surface area contributed by atoms with Crippen LogP contribution in [0, 0.1) is 11.6 Å². The first kappa shape index (κ1) is 20.3. The van der Waals surface area contributed by atoms with Crippen LogP contribution in [0.15, 0.2) is 41.4 Å². The van der Waals surface area contributed by atoms with Crippen LogP contribution in [0.25, 0.3) is 10.9 Å². The van der Waals surface area contributed by atoms with Gasteiger partial charge in [0.15, 0.2) is 17.4 Å². The summed E-state index contributed by atoms with van der Waals surface area (Å²) in [7, 11) is -4.33. The van der Waals surface area contributed by atoms with Gasteiger partial charge in [-0.05, 0) is 25.1 Å². The monoisotopic (exact) mass is 436 g/mol.